The van der Waals surface area contributed by atoms with E-state index in [9.17, 15) is 9.59 Å². The zero-order valence-corrected chi connectivity index (χ0v) is 11.9. The minimum Gasteiger partial charge on any atom is -0.348 e. The fourth-order valence-corrected chi connectivity index (χ4v) is 2.30. The number of carbonyl (C=O) groups is 2. The van der Waals surface area contributed by atoms with Crippen LogP contribution in [-0.4, -0.2) is 18.2 Å². The van der Waals surface area contributed by atoms with Gasteiger partial charge in [-0.1, -0.05) is 20.8 Å². The molecule has 1 aromatic heterocycles. The lowest BCUT2D eigenvalue weighted by atomic mass is 9.96. The van der Waals surface area contributed by atoms with E-state index in [1.54, 1.807) is 6.07 Å². The van der Waals surface area contributed by atoms with Crippen LogP contribution in [0, 0.1) is 5.41 Å². The molecule has 0 aliphatic heterocycles. The number of rotatable bonds is 3. The normalized spacial score (nSPS) is 11.2. The Morgan fingerprint density at radius 2 is 2.00 bits per heavy atom. The zero-order chi connectivity index (χ0) is 12.3. The van der Waals surface area contributed by atoms with Gasteiger partial charge in [-0.15, -0.1) is 11.3 Å². The van der Waals surface area contributed by atoms with Crippen LogP contribution in [0.1, 0.15) is 30.4 Å². The number of Topliss-reactive ketones (excluding diaryl/α,β-unsaturated/α-hetero) is 1. The molecule has 0 unspecified atom stereocenters. The van der Waals surface area contributed by atoms with Crippen LogP contribution in [-0.2, 0) is 4.79 Å². The quantitative estimate of drug-likeness (QED) is 0.873. The lowest BCUT2D eigenvalue weighted by Gasteiger charge is -2.16. The van der Waals surface area contributed by atoms with E-state index in [1.165, 1.54) is 11.3 Å². The van der Waals surface area contributed by atoms with E-state index in [-0.39, 0.29) is 18.2 Å². The third kappa shape index (κ3) is 3.72. The summed E-state index contributed by atoms with van der Waals surface area (Å²) in [6.07, 6.45) is 0. The van der Waals surface area contributed by atoms with Crippen LogP contribution in [0.4, 0.5) is 0 Å². The van der Waals surface area contributed by atoms with Crippen molar-refractivity contribution in [2.45, 2.75) is 20.8 Å². The molecule has 1 amide bonds. The molecule has 0 radical (unpaired) electrons. The summed E-state index contributed by atoms with van der Waals surface area (Å²) < 4.78 is 0.915. The Balaban J connectivity index is 2.51. The van der Waals surface area contributed by atoms with Crippen molar-refractivity contribution in [2.24, 2.45) is 5.41 Å². The van der Waals surface area contributed by atoms with E-state index in [0.717, 1.165) is 3.79 Å². The van der Waals surface area contributed by atoms with Crippen molar-refractivity contribution in [3.8, 4) is 0 Å². The van der Waals surface area contributed by atoms with E-state index >= 15 is 0 Å². The van der Waals surface area contributed by atoms with Crippen LogP contribution in [0.3, 0.4) is 0 Å². The van der Waals surface area contributed by atoms with Crippen molar-refractivity contribution in [1.82, 2.24) is 5.32 Å². The Labute approximate surface area is 107 Å². The molecule has 88 valence electrons. The summed E-state index contributed by atoms with van der Waals surface area (Å²) in [6, 6.07) is 3.57. The van der Waals surface area contributed by atoms with Gasteiger partial charge in [0.05, 0.1) is 15.2 Å². The summed E-state index contributed by atoms with van der Waals surface area (Å²) in [5, 5.41) is 2.63. The standard InChI is InChI=1S/C11H14BrNO2S/c1-11(2,3)10(15)13-6-7(14)8-4-5-9(12)16-8/h4-5H,6H2,1-3H3,(H,13,15). The fourth-order valence-electron chi connectivity index (χ4n) is 0.977. The van der Waals surface area contributed by atoms with Gasteiger partial charge in [0.1, 0.15) is 0 Å². The van der Waals surface area contributed by atoms with Gasteiger partial charge in [-0.2, -0.15) is 0 Å². The predicted octanol–water partition coefficient (Wildman–Crippen LogP) is 2.86. The largest absolute Gasteiger partial charge is 0.348 e. The Morgan fingerprint density at radius 3 is 2.44 bits per heavy atom. The van der Waals surface area contributed by atoms with Crippen molar-refractivity contribution in [3.63, 3.8) is 0 Å². The Bertz CT molecular complexity index is 406. The molecule has 0 aromatic carbocycles. The molecule has 0 spiro atoms. The van der Waals surface area contributed by atoms with Gasteiger partial charge in [0.2, 0.25) is 5.91 Å². The molecule has 1 rings (SSSR count). The monoisotopic (exact) mass is 303 g/mol. The molecule has 0 aliphatic rings. The molecular weight excluding hydrogens is 290 g/mol. The number of thiophene rings is 1. The van der Waals surface area contributed by atoms with E-state index in [0.29, 0.717) is 4.88 Å². The minimum atomic E-state index is -0.462. The smallest absolute Gasteiger partial charge is 0.225 e. The summed E-state index contributed by atoms with van der Waals surface area (Å²) in [4.78, 5) is 23.9. The summed E-state index contributed by atoms with van der Waals surface area (Å²) >= 11 is 4.66. The number of nitrogens with one attached hydrogen (secondary N) is 1. The van der Waals surface area contributed by atoms with E-state index in [2.05, 4.69) is 21.2 Å². The molecule has 0 aliphatic carbocycles. The van der Waals surface area contributed by atoms with Gasteiger partial charge >= 0.3 is 0 Å². The maximum Gasteiger partial charge on any atom is 0.225 e. The number of hydrogen-bond donors (Lipinski definition) is 1. The summed E-state index contributed by atoms with van der Waals surface area (Å²) in [5.74, 6) is -0.176. The molecule has 1 aromatic rings. The molecule has 0 atom stereocenters. The number of amides is 1. The second kappa shape index (κ2) is 5.10. The van der Waals surface area contributed by atoms with Gasteiger partial charge < -0.3 is 5.32 Å². The number of hydrogen-bond acceptors (Lipinski definition) is 3. The van der Waals surface area contributed by atoms with Crippen molar-refractivity contribution >= 4 is 39.0 Å². The topological polar surface area (TPSA) is 46.2 Å². The second-order valence-electron chi connectivity index (χ2n) is 4.46. The molecule has 1 heterocycles. The van der Waals surface area contributed by atoms with E-state index in [4.69, 9.17) is 0 Å². The fraction of sp³-hybridized carbons (Fsp3) is 0.455. The third-order valence-corrected chi connectivity index (χ3v) is 3.60. The lowest BCUT2D eigenvalue weighted by molar-refractivity contribution is -0.128. The Morgan fingerprint density at radius 1 is 1.38 bits per heavy atom. The van der Waals surface area contributed by atoms with Crippen molar-refractivity contribution in [3.05, 3.63) is 20.8 Å². The maximum absolute atomic E-state index is 11.7. The first-order chi connectivity index (χ1) is 7.30. The number of halogens is 1. The number of carbonyl (C=O) groups excluding carboxylic acids is 2. The molecule has 0 saturated heterocycles. The van der Waals surface area contributed by atoms with Gasteiger partial charge in [0, 0.05) is 5.41 Å². The molecule has 1 N–H and O–H groups in total. The molecule has 0 saturated carbocycles. The summed E-state index contributed by atoms with van der Waals surface area (Å²) in [6.45, 7) is 5.50. The highest BCUT2D eigenvalue weighted by Crippen LogP contribution is 2.22. The zero-order valence-electron chi connectivity index (χ0n) is 9.46. The van der Waals surface area contributed by atoms with Crippen LogP contribution >= 0.6 is 27.3 Å². The summed E-state index contributed by atoms with van der Waals surface area (Å²) in [7, 11) is 0. The van der Waals surface area contributed by atoms with Crippen LogP contribution in [0.25, 0.3) is 0 Å². The average molecular weight is 304 g/mol. The highest BCUT2D eigenvalue weighted by atomic mass is 79.9. The van der Waals surface area contributed by atoms with Gasteiger partial charge in [0.15, 0.2) is 5.78 Å². The molecule has 3 nitrogen and oxygen atoms in total. The Kier molecular flexibility index (Phi) is 4.27. The average Bonchev–Trinajstić information content (AvgIpc) is 2.59. The predicted molar refractivity (Wildman–Crippen MR) is 68.8 cm³/mol. The van der Waals surface area contributed by atoms with E-state index in [1.807, 2.05) is 26.8 Å². The first-order valence-corrected chi connectivity index (χ1v) is 6.48. The van der Waals surface area contributed by atoms with Crippen LogP contribution < -0.4 is 5.32 Å². The number of ketones is 1. The lowest BCUT2D eigenvalue weighted by Crippen LogP contribution is -2.37. The minimum absolute atomic E-state index is 0.0586. The van der Waals surface area contributed by atoms with Crippen LogP contribution in [0.15, 0.2) is 15.9 Å². The van der Waals surface area contributed by atoms with Crippen molar-refractivity contribution in [2.75, 3.05) is 6.54 Å². The first-order valence-electron chi connectivity index (χ1n) is 4.87. The maximum atomic E-state index is 11.7. The highest BCUT2D eigenvalue weighted by Gasteiger charge is 2.21. The van der Waals surface area contributed by atoms with E-state index < -0.39 is 5.41 Å². The SMILES string of the molecule is CC(C)(C)C(=O)NCC(=O)c1ccc(Br)s1. The summed E-state index contributed by atoms with van der Waals surface area (Å²) in [5.41, 5.74) is -0.462. The van der Waals surface area contributed by atoms with Gasteiger partial charge in [0.25, 0.3) is 0 Å². The van der Waals surface area contributed by atoms with Gasteiger partial charge in [-0.05, 0) is 28.1 Å². The molecule has 0 fully saturated rings. The first kappa shape index (κ1) is 13.4. The van der Waals surface area contributed by atoms with Gasteiger partial charge in [-0.3, -0.25) is 9.59 Å². The molecular formula is C11H14BrNO2S. The van der Waals surface area contributed by atoms with Crippen molar-refractivity contribution < 1.29 is 9.59 Å². The second-order valence-corrected chi connectivity index (χ2v) is 6.92. The highest BCUT2D eigenvalue weighted by molar-refractivity contribution is 9.11. The molecule has 5 heteroatoms. The van der Waals surface area contributed by atoms with Crippen LogP contribution in [0.5, 0.6) is 0 Å². The van der Waals surface area contributed by atoms with Crippen molar-refractivity contribution in [1.29, 1.82) is 0 Å². The van der Waals surface area contributed by atoms with Gasteiger partial charge in [-0.25, -0.2) is 0 Å². The Hall–Kier alpha value is -0.680. The molecule has 0 bridgehead atoms. The third-order valence-electron chi connectivity index (χ3n) is 1.94. The molecule has 16 heavy (non-hydrogen) atoms. The van der Waals surface area contributed by atoms with Crippen LogP contribution in [0.2, 0.25) is 0 Å².